The zero-order chi connectivity index (χ0) is 11.1. The number of benzene rings is 1. The molecule has 82 valence electrons. The minimum Gasteiger partial charge on any atom is -0.445 e. The highest BCUT2D eigenvalue weighted by molar-refractivity contribution is 6.31. The van der Waals surface area contributed by atoms with Gasteiger partial charge in [-0.05, 0) is 12.5 Å². The third-order valence-electron chi connectivity index (χ3n) is 1.84. The Morgan fingerprint density at radius 2 is 2.20 bits per heavy atom. The molecule has 1 N–H and O–H groups in total. The molecule has 15 heavy (non-hydrogen) atoms. The molecule has 4 heteroatoms. The van der Waals surface area contributed by atoms with Gasteiger partial charge in [-0.15, -0.1) is 0 Å². The van der Waals surface area contributed by atoms with Gasteiger partial charge in [0.25, 0.3) is 0 Å². The van der Waals surface area contributed by atoms with Crippen molar-refractivity contribution in [1.29, 1.82) is 0 Å². The monoisotopic (exact) mass is 227 g/mol. The van der Waals surface area contributed by atoms with Crippen LogP contribution in [0.5, 0.6) is 0 Å². The fraction of sp³-hybridized carbons (Fsp3) is 0.364. The summed E-state index contributed by atoms with van der Waals surface area (Å²) in [5, 5.41) is 3.23. The van der Waals surface area contributed by atoms with Gasteiger partial charge in [-0.3, -0.25) is 0 Å². The topological polar surface area (TPSA) is 38.3 Å². The lowest BCUT2D eigenvalue weighted by molar-refractivity contribution is 0.139. The predicted octanol–water partition coefficient (Wildman–Crippen LogP) is 2.98. The minimum atomic E-state index is -0.406. The summed E-state index contributed by atoms with van der Waals surface area (Å²) >= 11 is 5.90. The van der Waals surface area contributed by atoms with Crippen LogP contribution < -0.4 is 5.32 Å². The van der Waals surface area contributed by atoms with E-state index in [2.05, 4.69) is 5.32 Å². The van der Waals surface area contributed by atoms with Crippen molar-refractivity contribution in [1.82, 2.24) is 5.32 Å². The van der Waals surface area contributed by atoms with Gasteiger partial charge < -0.3 is 10.1 Å². The quantitative estimate of drug-likeness (QED) is 0.859. The highest BCUT2D eigenvalue weighted by atomic mass is 35.5. The maximum absolute atomic E-state index is 11.1. The molecule has 1 aromatic carbocycles. The maximum atomic E-state index is 11.1. The molecule has 0 aliphatic heterocycles. The third-order valence-corrected chi connectivity index (χ3v) is 2.20. The molecule has 1 rings (SSSR count). The Labute approximate surface area is 94.4 Å². The van der Waals surface area contributed by atoms with E-state index in [4.69, 9.17) is 16.3 Å². The highest BCUT2D eigenvalue weighted by Crippen LogP contribution is 2.15. The first-order chi connectivity index (χ1) is 7.24. The highest BCUT2D eigenvalue weighted by Gasteiger charge is 2.03. The number of hydrogen-bond acceptors (Lipinski definition) is 2. The number of nitrogens with one attached hydrogen (secondary N) is 1. The molecule has 0 atom stereocenters. The molecule has 0 saturated heterocycles. The average Bonchev–Trinajstić information content (AvgIpc) is 2.25. The Balaban J connectivity index is 2.37. The van der Waals surface area contributed by atoms with Crippen LogP contribution in [0.15, 0.2) is 24.3 Å². The standard InChI is InChI=1S/C11H14ClNO2/c1-2-7-13-11(14)15-8-9-5-3-4-6-10(9)12/h3-6H,2,7-8H2,1H3,(H,13,14). The number of halogens is 1. The van der Waals surface area contributed by atoms with E-state index < -0.39 is 6.09 Å². The third kappa shape index (κ3) is 4.21. The second-order valence-corrected chi connectivity index (χ2v) is 3.50. The zero-order valence-corrected chi connectivity index (χ0v) is 9.38. The van der Waals surface area contributed by atoms with Crippen molar-refractivity contribution in [2.75, 3.05) is 6.54 Å². The molecule has 0 heterocycles. The summed E-state index contributed by atoms with van der Waals surface area (Å²) in [5.74, 6) is 0. The van der Waals surface area contributed by atoms with E-state index in [0.29, 0.717) is 11.6 Å². The van der Waals surface area contributed by atoms with Crippen molar-refractivity contribution in [3.63, 3.8) is 0 Å². The molecule has 3 nitrogen and oxygen atoms in total. The van der Waals surface area contributed by atoms with Gasteiger partial charge in [0.1, 0.15) is 6.61 Å². The van der Waals surface area contributed by atoms with Crippen LogP contribution in [0.2, 0.25) is 5.02 Å². The van der Waals surface area contributed by atoms with E-state index >= 15 is 0 Å². The van der Waals surface area contributed by atoms with Crippen LogP contribution in [0.3, 0.4) is 0 Å². The lowest BCUT2D eigenvalue weighted by Gasteiger charge is -2.06. The fourth-order valence-corrected chi connectivity index (χ4v) is 1.23. The van der Waals surface area contributed by atoms with E-state index in [9.17, 15) is 4.79 Å². The molecular formula is C11H14ClNO2. The lowest BCUT2D eigenvalue weighted by Crippen LogP contribution is -2.24. The Morgan fingerprint density at radius 3 is 2.87 bits per heavy atom. The molecule has 0 fully saturated rings. The summed E-state index contributed by atoms with van der Waals surface area (Å²) in [4.78, 5) is 11.1. The van der Waals surface area contributed by atoms with Crippen LogP contribution in [0, 0.1) is 0 Å². The van der Waals surface area contributed by atoms with Crippen molar-refractivity contribution in [3.05, 3.63) is 34.9 Å². The predicted molar refractivity (Wildman–Crippen MR) is 59.9 cm³/mol. The van der Waals surface area contributed by atoms with E-state index in [1.165, 1.54) is 0 Å². The second-order valence-electron chi connectivity index (χ2n) is 3.09. The first kappa shape index (κ1) is 11.9. The summed E-state index contributed by atoms with van der Waals surface area (Å²) < 4.78 is 4.98. The molecule has 0 bridgehead atoms. The molecule has 1 amide bonds. The average molecular weight is 228 g/mol. The SMILES string of the molecule is CCCNC(=O)OCc1ccccc1Cl. The number of rotatable bonds is 4. The molecule has 1 aromatic rings. The normalized spacial score (nSPS) is 9.73. The number of carbonyl (C=O) groups excluding carboxylic acids is 1. The number of hydrogen-bond donors (Lipinski definition) is 1. The Morgan fingerprint density at radius 1 is 1.47 bits per heavy atom. The van der Waals surface area contributed by atoms with Crippen LogP contribution in [0.4, 0.5) is 4.79 Å². The maximum Gasteiger partial charge on any atom is 0.407 e. The Hall–Kier alpha value is -1.22. The van der Waals surface area contributed by atoms with Crippen LogP contribution in [-0.2, 0) is 11.3 Å². The number of alkyl carbamates (subject to hydrolysis) is 1. The molecule has 0 aliphatic rings. The Bertz CT molecular complexity index is 328. The zero-order valence-electron chi connectivity index (χ0n) is 8.63. The molecule has 0 aliphatic carbocycles. The Kier molecular flexibility index (Phi) is 4.98. The number of ether oxygens (including phenoxy) is 1. The summed E-state index contributed by atoms with van der Waals surface area (Å²) in [6.45, 7) is 2.81. The van der Waals surface area contributed by atoms with Crippen LogP contribution in [0.1, 0.15) is 18.9 Å². The van der Waals surface area contributed by atoms with Crippen molar-refractivity contribution in [2.24, 2.45) is 0 Å². The van der Waals surface area contributed by atoms with Crippen molar-refractivity contribution < 1.29 is 9.53 Å². The molecular weight excluding hydrogens is 214 g/mol. The van der Waals surface area contributed by atoms with Crippen molar-refractivity contribution >= 4 is 17.7 Å². The smallest absolute Gasteiger partial charge is 0.407 e. The van der Waals surface area contributed by atoms with Crippen LogP contribution in [0.25, 0.3) is 0 Å². The first-order valence-corrected chi connectivity index (χ1v) is 5.26. The summed E-state index contributed by atoms with van der Waals surface area (Å²) in [5.41, 5.74) is 0.811. The van der Waals surface area contributed by atoms with Gasteiger partial charge in [-0.25, -0.2) is 4.79 Å². The van der Waals surface area contributed by atoms with Gasteiger partial charge in [0.05, 0.1) is 0 Å². The van der Waals surface area contributed by atoms with Gasteiger partial charge in [-0.1, -0.05) is 36.7 Å². The first-order valence-electron chi connectivity index (χ1n) is 4.88. The van der Waals surface area contributed by atoms with Gasteiger partial charge >= 0.3 is 6.09 Å². The number of amides is 1. The van der Waals surface area contributed by atoms with E-state index in [-0.39, 0.29) is 6.61 Å². The van der Waals surface area contributed by atoms with Gasteiger partial charge in [0.2, 0.25) is 0 Å². The fourth-order valence-electron chi connectivity index (χ4n) is 1.04. The molecule has 0 aromatic heterocycles. The summed E-state index contributed by atoms with van der Waals surface area (Å²) in [6, 6.07) is 7.29. The molecule has 0 spiro atoms. The molecule has 0 saturated carbocycles. The molecule has 0 radical (unpaired) electrons. The number of carbonyl (C=O) groups is 1. The minimum absolute atomic E-state index is 0.204. The van der Waals surface area contributed by atoms with Crippen molar-refractivity contribution in [2.45, 2.75) is 20.0 Å². The van der Waals surface area contributed by atoms with E-state index in [1.807, 2.05) is 25.1 Å². The van der Waals surface area contributed by atoms with Crippen LogP contribution in [-0.4, -0.2) is 12.6 Å². The lowest BCUT2D eigenvalue weighted by atomic mass is 10.2. The van der Waals surface area contributed by atoms with E-state index in [0.717, 1.165) is 12.0 Å². The van der Waals surface area contributed by atoms with Gasteiger partial charge in [-0.2, -0.15) is 0 Å². The van der Waals surface area contributed by atoms with Gasteiger partial charge in [0.15, 0.2) is 0 Å². The van der Waals surface area contributed by atoms with E-state index in [1.54, 1.807) is 6.07 Å². The molecule has 0 unspecified atom stereocenters. The summed E-state index contributed by atoms with van der Waals surface area (Å²) in [7, 11) is 0. The van der Waals surface area contributed by atoms with Gasteiger partial charge in [0, 0.05) is 17.1 Å². The van der Waals surface area contributed by atoms with Crippen molar-refractivity contribution in [3.8, 4) is 0 Å². The largest absolute Gasteiger partial charge is 0.445 e. The summed E-state index contributed by atoms with van der Waals surface area (Å²) in [6.07, 6.45) is 0.484. The second kappa shape index (κ2) is 6.30. The van der Waals surface area contributed by atoms with Crippen LogP contribution >= 0.6 is 11.6 Å².